The molecule has 4 atom stereocenters. The number of nitrogens with one attached hydrogen (secondary N) is 2. The Balaban J connectivity index is 1.10. The van der Waals surface area contributed by atoms with Crippen molar-refractivity contribution in [1.82, 2.24) is 10.6 Å². The van der Waals surface area contributed by atoms with E-state index in [4.69, 9.17) is 9.84 Å². The van der Waals surface area contributed by atoms with E-state index in [1.807, 2.05) is 24.3 Å². The van der Waals surface area contributed by atoms with Gasteiger partial charge in [-0.25, -0.2) is 4.79 Å². The van der Waals surface area contributed by atoms with Crippen molar-refractivity contribution in [3.05, 3.63) is 59.7 Å². The van der Waals surface area contributed by atoms with Crippen LogP contribution in [0, 0.1) is 11.8 Å². The molecule has 34 heavy (non-hydrogen) atoms. The summed E-state index contributed by atoms with van der Waals surface area (Å²) in [5.41, 5.74) is 4.72. The molecule has 0 aromatic heterocycles. The molecule has 2 amide bonds. The zero-order valence-electron chi connectivity index (χ0n) is 19.0. The minimum atomic E-state index is -0.787. The Morgan fingerprint density at radius 1 is 0.794 bits per heavy atom. The lowest BCUT2D eigenvalue weighted by molar-refractivity contribution is -0.141. The maximum absolute atomic E-state index is 12.6. The third kappa shape index (κ3) is 4.52. The average molecular weight is 463 g/mol. The van der Waals surface area contributed by atoms with E-state index in [0.29, 0.717) is 32.1 Å². The molecule has 2 fully saturated rings. The first kappa shape index (κ1) is 22.4. The second kappa shape index (κ2) is 9.49. The van der Waals surface area contributed by atoms with Crippen molar-refractivity contribution in [2.24, 2.45) is 11.8 Å². The van der Waals surface area contributed by atoms with E-state index in [-0.39, 0.29) is 42.4 Å². The number of hydrogen-bond acceptors (Lipinski definition) is 4. The fraction of sp³-hybridized carbons (Fsp3) is 0.444. The molecule has 178 valence electrons. The molecule has 7 heteroatoms. The summed E-state index contributed by atoms with van der Waals surface area (Å²) >= 11 is 0. The lowest BCUT2D eigenvalue weighted by Crippen LogP contribution is -2.38. The highest BCUT2D eigenvalue weighted by atomic mass is 16.5. The van der Waals surface area contributed by atoms with Gasteiger partial charge in [0.05, 0.1) is 5.92 Å². The fourth-order valence-electron chi connectivity index (χ4n) is 5.81. The van der Waals surface area contributed by atoms with Crippen LogP contribution in [0.4, 0.5) is 4.79 Å². The highest BCUT2D eigenvalue weighted by Crippen LogP contribution is 2.44. The summed E-state index contributed by atoms with van der Waals surface area (Å²) in [4.78, 5) is 36.3. The van der Waals surface area contributed by atoms with Gasteiger partial charge < -0.3 is 20.5 Å². The third-order valence-electron chi connectivity index (χ3n) is 7.60. The van der Waals surface area contributed by atoms with Crippen LogP contribution in [0.1, 0.15) is 55.6 Å². The normalized spacial score (nSPS) is 25.4. The first-order chi connectivity index (χ1) is 16.5. The first-order valence-corrected chi connectivity index (χ1v) is 12.1. The summed E-state index contributed by atoms with van der Waals surface area (Å²) in [5, 5.41) is 15.1. The number of hydrogen-bond donors (Lipinski definition) is 3. The van der Waals surface area contributed by atoms with Crippen molar-refractivity contribution < 1.29 is 24.2 Å². The van der Waals surface area contributed by atoms with Crippen molar-refractivity contribution >= 4 is 18.0 Å². The minimum absolute atomic E-state index is 0.0151. The van der Waals surface area contributed by atoms with E-state index in [1.165, 1.54) is 22.3 Å². The number of rotatable bonds is 6. The quantitative estimate of drug-likeness (QED) is 0.600. The van der Waals surface area contributed by atoms with Crippen LogP contribution in [0.25, 0.3) is 11.1 Å². The highest BCUT2D eigenvalue weighted by molar-refractivity contribution is 5.80. The van der Waals surface area contributed by atoms with Crippen molar-refractivity contribution in [3.63, 3.8) is 0 Å². The Morgan fingerprint density at radius 2 is 1.35 bits per heavy atom. The molecule has 3 aliphatic carbocycles. The second-order valence-electron chi connectivity index (χ2n) is 9.73. The fourth-order valence-corrected chi connectivity index (χ4v) is 5.81. The minimum Gasteiger partial charge on any atom is -0.481 e. The van der Waals surface area contributed by atoms with Crippen LogP contribution < -0.4 is 10.6 Å². The number of carbonyl (C=O) groups excluding carboxylic acids is 2. The predicted molar refractivity (Wildman–Crippen MR) is 126 cm³/mol. The number of carboxylic acid groups (broad SMARTS) is 1. The molecule has 0 spiro atoms. The monoisotopic (exact) mass is 462 g/mol. The van der Waals surface area contributed by atoms with Gasteiger partial charge in [-0.15, -0.1) is 0 Å². The van der Waals surface area contributed by atoms with E-state index in [1.54, 1.807) is 0 Å². The van der Waals surface area contributed by atoms with E-state index in [9.17, 15) is 14.4 Å². The van der Waals surface area contributed by atoms with Gasteiger partial charge in [-0.3, -0.25) is 9.59 Å². The molecule has 0 saturated heterocycles. The Hall–Kier alpha value is -3.35. The zero-order valence-corrected chi connectivity index (χ0v) is 19.0. The van der Waals surface area contributed by atoms with Crippen LogP contribution >= 0.6 is 0 Å². The van der Waals surface area contributed by atoms with Crippen molar-refractivity contribution in [1.29, 1.82) is 0 Å². The number of aliphatic carboxylic acids is 1. The van der Waals surface area contributed by atoms with Gasteiger partial charge in [0.25, 0.3) is 0 Å². The number of carboxylic acids is 1. The SMILES string of the molecule is O=C(NC1CCC(C(=O)N[C@@H]2CC[C@H](C(=O)O)C2)C1)OCC1c2ccccc2-c2ccccc21. The molecule has 0 aliphatic heterocycles. The van der Waals surface area contributed by atoms with Gasteiger partial charge in [0.2, 0.25) is 5.91 Å². The molecular weight excluding hydrogens is 432 g/mol. The first-order valence-electron chi connectivity index (χ1n) is 12.1. The van der Waals surface area contributed by atoms with E-state index >= 15 is 0 Å². The highest BCUT2D eigenvalue weighted by Gasteiger charge is 2.35. The lowest BCUT2D eigenvalue weighted by Gasteiger charge is -2.18. The van der Waals surface area contributed by atoms with Crippen molar-refractivity contribution in [3.8, 4) is 11.1 Å². The molecule has 0 heterocycles. The van der Waals surface area contributed by atoms with Crippen LogP contribution in [0.3, 0.4) is 0 Å². The summed E-state index contributed by atoms with van der Waals surface area (Å²) in [6.45, 7) is 0.267. The summed E-state index contributed by atoms with van der Waals surface area (Å²) in [6.07, 6.45) is 3.36. The molecule has 5 rings (SSSR count). The van der Waals surface area contributed by atoms with E-state index in [0.717, 1.165) is 6.42 Å². The number of ether oxygens (including phenoxy) is 1. The van der Waals surface area contributed by atoms with Gasteiger partial charge in [0, 0.05) is 23.9 Å². The standard InChI is InChI=1S/C27H30N2O5/c30-25(28-18-12-10-17(14-18)26(31)32)16-9-11-19(13-16)29-27(33)34-15-24-22-7-3-1-5-20(22)21-6-2-4-8-23(21)24/h1-8,16-19,24H,9-15H2,(H,28,30)(H,29,33)(H,31,32)/t16?,17-,18+,19?/m0/s1. The van der Waals surface area contributed by atoms with Gasteiger partial charge >= 0.3 is 12.1 Å². The van der Waals surface area contributed by atoms with Gasteiger partial charge in [-0.05, 0) is 60.8 Å². The second-order valence-corrected chi connectivity index (χ2v) is 9.73. The predicted octanol–water partition coefficient (Wildman–Crippen LogP) is 4.06. The van der Waals surface area contributed by atoms with E-state index in [2.05, 4.69) is 34.9 Å². The number of carbonyl (C=O) groups is 3. The summed E-state index contributed by atoms with van der Waals surface area (Å²) < 4.78 is 5.63. The third-order valence-corrected chi connectivity index (χ3v) is 7.60. The molecule has 3 aliphatic rings. The average Bonchev–Trinajstić information content (AvgIpc) is 3.56. The summed E-state index contributed by atoms with van der Waals surface area (Å²) in [5.74, 6) is -1.33. The van der Waals surface area contributed by atoms with Crippen LogP contribution in [-0.2, 0) is 14.3 Å². The van der Waals surface area contributed by atoms with Gasteiger partial charge in [0.1, 0.15) is 6.61 Å². The maximum atomic E-state index is 12.6. The zero-order chi connectivity index (χ0) is 23.7. The van der Waals surface area contributed by atoms with Crippen molar-refractivity contribution in [2.45, 2.75) is 56.5 Å². The Morgan fingerprint density at radius 3 is 1.97 bits per heavy atom. The molecule has 2 unspecified atom stereocenters. The molecule has 3 N–H and O–H groups in total. The Labute approximate surface area is 198 Å². The number of fused-ring (bicyclic) bond motifs is 3. The lowest BCUT2D eigenvalue weighted by atomic mass is 9.98. The molecular formula is C27H30N2O5. The van der Waals surface area contributed by atoms with Gasteiger partial charge in [-0.2, -0.15) is 0 Å². The van der Waals surface area contributed by atoms with E-state index < -0.39 is 12.1 Å². The molecule has 2 saturated carbocycles. The van der Waals surface area contributed by atoms with Crippen LogP contribution in [-0.4, -0.2) is 41.8 Å². The maximum Gasteiger partial charge on any atom is 0.407 e. The topological polar surface area (TPSA) is 105 Å². The smallest absolute Gasteiger partial charge is 0.407 e. The van der Waals surface area contributed by atoms with Gasteiger partial charge in [0.15, 0.2) is 0 Å². The number of amides is 2. The van der Waals surface area contributed by atoms with Crippen LogP contribution in [0.15, 0.2) is 48.5 Å². The van der Waals surface area contributed by atoms with Crippen LogP contribution in [0.5, 0.6) is 0 Å². The van der Waals surface area contributed by atoms with Crippen LogP contribution in [0.2, 0.25) is 0 Å². The molecule has 7 nitrogen and oxygen atoms in total. The Bertz CT molecular complexity index is 1050. The molecule has 2 aromatic carbocycles. The number of benzene rings is 2. The number of alkyl carbamates (subject to hydrolysis) is 1. The molecule has 0 radical (unpaired) electrons. The Kier molecular flexibility index (Phi) is 6.26. The van der Waals surface area contributed by atoms with Crippen molar-refractivity contribution in [2.75, 3.05) is 6.61 Å². The molecule has 2 aromatic rings. The molecule has 0 bridgehead atoms. The largest absolute Gasteiger partial charge is 0.481 e. The summed E-state index contributed by atoms with van der Waals surface area (Å²) in [6, 6.07) is 16.3. The van der Waals surface area contributed by atoms with Gasteiger partial charge in [-0.1, -0.05) is 48.5 Å². The summed E-state index contributed by atoms with van der Waals surface area (Å²) in [7, 11) is 0.